The Balaban J connectivity index is 0.923. The first-order valence-corrected chi connectivity index (χ1v) is 21.6. The van der Waals surface area contributed by atoms with Crippen molar-refractivity contribution in [2.24, 2.45) is 0 Å². The maximum Gasteiger partial charge on any atom is 0.0719 e. The number of hydrogen-bond acceptors (Lipinski definition) is 1. The van der Waals surface area contributed by atoms with E-state index < -0.39 is 0 Å². The zero-order valence-corrected chi connectivity index (χ0v) is 35.3. The summed E-state index contributed by atoms with van der Waals surface area (Å²) in [7, 11) is 0. The summed E-state index contributed by atoms with van der Waals surface area (Å²) in [5.74, 6) is 0. The fourth-order valence-corrected chi connectivity index (χ4v) is 10.4. The minimum atomic E-state index is 0.0754. The Labute approximate surface area is 349 Å². The summed E-state index contributed by atoms with van der Waals surface area (Å²) < 4.78 is 7.57. The Morgan fingerprint density at radius 2 is 0.797 bits per heavy atom. The van der Waals surface area contributed by atoms with E-state index >= 15 is 0 Å². The van der Waals surface area contributed by atoms with Crippen molar-refractivity contribution in [2.75, 3.05) is 0 Å². The van der Waals surface area contributed by atoms with Crippen LogP contribution in [0.15, 0.2) is 170 Å². The van der Waals surface area contributed by atoms with Crippen LogP contribution in [0.4, 0.5) is 0 Å². The fraction of sp³-hybridized carbons (Fsp3) is 0.143. The lowest BCUT2D eigenvalue weighted by Gasteiger charge is -2.19. The molecule has 2 nitrogen and oxygen atoms in total. The molecular weight excluding hydrogens is 733 g/mol. The summed E-state index contributed by atoms with van der Waals surface area (Å²) in [5, 5.41) is 7.86. The molecule has 0 amide bonds. The first-order chi connectivity index (χ1) is 28.5. The van der Waals surface area contributed by atoms with Gasteiger partial charge in [0, 0.05) is 48.4 Å². The van der Waals surface area contributed by atoms with E-state index in [-0.39, 0.29) is 10.8 Å². The van der Waals surface area contributed by atoms with Gasteiger partial charge in [-0.3, -0.25) is 0 Å². The molecule has 0 fully saturated rings. The van der Waals surface area contributed by atoms with E-state index in [1.54, 1.807) is 0 Å². The molecule has 3 aromatic heterocycles. The molecule has 0 unspecified atom stereocenters. The van der Waals surface area contributed by atoms with E-state index in [1.807, 2.05) is 11.3 Å². The van der Waals surface area contributed by atoms with Gasteiger partial charge in [0.05, 0.1) is 26.8 Å². The number of rotatable bonds is 4. The minimum Gasteiger partial charge on any atom is -0.309 e. The van der Waals surface area contributed by atoms with Crippen LogP contribution < -0.4 is 0 Å². The summed E-state index contributed by atoms with van der Waals surface area (Å²) in [6, 6.07) is 63.5. The molecule has 59 heavy (non-hydrogen) atoms. The molecule has 0 saturated heterocycles. The second-order valence-corrected chi connectivity index (χ2v) is 19.3. The number of nitrogens with zero attached hydrogens (tertiary/aromatic N) is 2. The van der Waals surface area contributed by atoms with Gasteiger partial charge in [-0.15, -0.1) is 11.3 Å². The van der Waals surface area contributed by atoms with Crippen LogP contribution in [0.1, 0.15) is 52.7 Å². The molecular formula is C56H46N2S. The van der Waals surface area contributed by atoms with Crippen LogP contribution in [-0.2, 0) is 10.8 Å². The molecule has 0 spiro atoms. The van der Waals surface area contributed by atoms with E-state index in [1.165, 1.54) is 109 Å². The quantitative estimate of drug-likeness (QED) is 0.168. The Bertz CT molecular complexity index is 3340. The predicted octanol–water partition coefficient (Wildman–Crippen LogP) is 16.2. The molecule has 8 aromatic carbocycles. The number of para-hydroxylation sites is 1. The Hall–Kier alpha value is -6.42. The highest BCUT2D eigenvalue weighted by atomic mass is 32.1. The van der Waals surface area contributed by atoms with E-state index in [4.69, 9.17) is 0 Å². The van der Waals surface area contributed by atoms with Crippen molar-refractivity contribution in [2.45, 2.75) is 52.4 Å². The molecule has 0 N–H and O–H groups in total. The van der Waals surface area contributed by atoms with Crippen molar-refractivity contribution < 1.29 is 0 Å². The lowest BCUT2D eigenvalue weighted by Crippen LogP contribution is -2.10. The highest BCUT2D eigenvalue weighted by Gasteiger charge is 2.22. The predicted molar refractivity (Wildman–Crippen MR) is 256 cm³/mol. The van der Waals surface area contributed by atoms with Gasteiger partial charge in [-0.2, -0.15) is 0 Å². The van der Waals surface area contributed by atoms with Gasteiger partial charge in [0.1, 0.15) is 0 Å². The van der Waals surface area contributed by atoms with Gasteiger partial charge < -0.3 is 9.13 Å². The van der Waals surface area contributed by atoms with Gasteiger partial charge >= 0.3 is 0 Å². The molecule has 3 heteroatoms. The van der Waals surface area contributed by atoms with Gasteiger partial charge in [-0.1, -0.05) is 151 Å². The van der Waals surface area contributed by atoms with Crippen LogP contribution in [0.5, 0.6) is 0 Å². The van der Waals surface area contributed by atoms with Crippen LogP contribution in [0.3, 0.4) is 0 Å². The Morgan fingerprint density at radius 3 is 1.34 bits per heavy atom. The maximum absolute atomic E-state index is 2.46. The number of fused-ring (bicyclic) bond motifs is 10. The van der Waals surface area contributed by atoms with Gasteiger partial charge in [0.15, 0.2) is 0 Å². The highest BCUT2D eigenvalue weighted by Crippen LogP contribution is 2.43. The van der Waals surface area contributed by atoms with E-state index in [2.05, 4.69) is 221 Å². The third-order valence-corrected chi connectivity index (χ3v) is 13.7. The van der Waals surface area contributed by atoms with Crippen molar-refractivity contribution in [1.82, 2.24) is 9.13 Å². The molecule has 286 valence electrons. The van der Waals surface area contributed by atoms with Crippen molar-refractivity contribution in [1.29, 1.82) is 0 Å². The first kappa shape index (κ1) is 35.7. The summed E-state index contributed by atoms with van der Waals surface area (Å²) in [6.07, 6.45) is 0. The highest BCUT2D eigenvalue weighted by molar-refractivity contribution is 7.26. The average Bonchev–Trinajstić information content (AvgIpc) is 3.91. The van der Waals surface area contributed by atoms with Gasteiger partial charge in [0.2, 0.25) is 0 Å². The normalized spacial score (nSPS) is 12.6. The summed E-state index contributed by atoms with van der Waals surface area (Å²) in [6.45, 7) is 13.8. The molecule has 11 rings (SSSR count). The zero-order chi connectivity index (χ0) is 40.2. The maximum atomic E-state index is 2.46. The molecule has 0 aliphatic rings. The van der Waals surface area contributed by atoms with Crippen molar-refractivity contribution in [3.8, 4) is 33.6 Å². The zero-order valence-electron chi connectivity index (χ0n) is 34.5. The third kappa shape index (κ3) is 5.74. The first-order valence-electron chi connectivity index (χ1n) is 20.8. The third-order valence-electron chi connectivity index (χ3n) is 12.5. The minimum absolute atomic E-state index is 0.0754. The molecule has 0 radical (unpaired) electrons. The molecule has 0 aliphatic heterocycles. The second kappa shape index (κ2) is 13.0. The second-order valence-electron chi connectivity index (χ2n) is 18.3. The lowest BCUT2D eigenvalue weighted by atomic mass is 9.85. The Morgan fingerprint density at radius 1 is 0.356 bits per heavy atom. The van der Waals surface area contributed by atoms with Gasteiger partial charge in [-0.25, -0.2) is 0 Å². The fourth-order valence-electron chi connectivity index (χ4n) is 9.19. The number of benzene rings is 8. The standard InChI is InChI=1S/C56H46N2S/c1-55(2,3)39-23-31-50-47(33-39)48-34-40(56(4,5)6)24-32-51(48)57(50)41-25-19-37(20-26-41)35-15-17-36(18-16-35)38-21-27-42(28-22-38)58-49-13-9-7-11-43(49)45-29-30-46-44-12-8-10-14-52(44)59-54(46)53(45)58/h7-34H,1-6H3. The molecule has 0 atom stereocenters. The van der Waals surface area contributed by atoms with Crippen LogP contribution in [0.2, 0.25) is 0 Å². The average molecular weight is 779 g/mol. The van der Waals surface area contributed by atoms with Crippen LogP contribution >= 0.6 is 11.3 Å². The van der Waals surface area contributed by atoms with E-state index in [0.717, 1.165) is 0 Å². The summed E-state index contributed by atoms with van der Waals surface area (Å²) in [5.41, 5.74) is 15.1. The summed E-state index contributed by atoms with van der Waals surface area (Å²) >= 11 is 1.90. The van der Waals surface area contributed by atoms with E-state index in [0.29, 0.717) is 0 Å². The van der Waals surface area contributed by atoms with Crippen LogP contribution in [0, 0.1) is 0 Å². The lowest BCUT2D eigenvalue weighted by molar-refractivity contribution is 0.590. The molecule has 0 bridgehead atoms. The largest absolute Gasteiger partial charge is 0.309 e. The van der Waals surface area contributed by atoms with Crippen LogP contribution in [-0.4, -0.2) is 9.13 Å². The topological polar surface area (TPSA) is 9.86 Å². The Kier molecular flexibility index (Phi) is 7.90. The number of aromatic nitrogens is 2. The number of hydrogen-bond donors (Lipinski definition) is 0. The van der Waals surface area contributed by atoms with Crippen molar-refractivity contribution in [3.05, 3.63) is 181 Å². The SMILES string of the molecule is CC(C)(C)c1ccc2c(c1)c1cc(C(C)(C)C)ccc1n2-c1ccc(-c2ccc(-c3ccc(-n4c5ccccc5c5ccc6c7ccccc7sc6c54)cc3)cc2)cc1. The molecule has 3 heterocycles. The summed E-state index contributed by atoms with van der Waals surface area (Å²) in [4.78, 5) is 0. The van der Waals surface area contributed by atoms with E-state index in [9.17, 15) is 0 Å². The van der Waals surface area contributed by atoms with Gasteiger partial charge in [0.25, 0.3) is 0 Å². The van der Waals surface area contributed by atoms with Crippen molar-refractivity contribution in [3.63, 3.8) is 0 Å². The number of thiophene rings is 1. The monoisotopic (exact) mass is 778 g/mol. The van der Waals surface area contributed by atoms with Crippen LogP contribution in [0.25, 0.3) is 97.4 Å². The molecule has 11 aromatic rings. The van der Waals surface area contributed by atoms with Gasteiger partial charge in [-0.05, 0) is 105 Å². The molecule has 0 saturated carbocycles. The smallest absolute Gasteiger partial charge is 0.0719 e. The molecule has 0 aliphatic carbocycles. The van der Waals surface area contributed by atoms with Crippen molar-refractivity contribution >= 4 is 75.1 Å².